The third-order valence-electron chi connectivity index (χ3n) is 4.53. The molecular formula is C20H13F3N2O2S. The van der Waals surface area contributed by atoms with Gasteiger partial charge in [-0.15, -0.1) is 0 Å². The molecule has 28 heavy (non-hydrogen) atoms. The lowest BCUT2D eigenvalue weighted by atomic mass is 10.1. The van der Waals surface area contributed by atoms with Gasteiger partial charge in [-0.25, -0.2) is 4.90 Å². The number of hydrogen-bond donors (Lipinski definition) is 0. The summed E-state index contributed by atoms with van der Waals surface area (Å²) in [6.07, 6.45) is -2.80. The molecule has 0 radical (unpaired) electrons. The number of thioether (sulfide) groups is 1. The Morgan fingerprint density at radius 2 is 1.75 bits per heavy atom. The fourth-order valence-corrected chi connectivity index (χ4v) is 3.93. The molecule has 2 aromatic carbocycles. The fourth-order valence-electron chi connectivity index (χ4n) is 3.27. The first-order valence-electron chi connectivity index (χ1n) is 8.25. The van der Waals surface area contributed by atoms with Gasteiger partial charge in [0.15, 0.2) is 0 Å². The van der Waals surface area contributed by atoms with Crippen molar-refractivity contribution in [3.63, 3.8) is 0 Å². The Balaban J connectivity index is 1.78. The molecule has 0 spiro atoms. The van der Waals surface area contributed by atoms with Gasteiger partial charge in [0, 0.05) is 18.1 Å². The van der Waals surface area contributed by atoms with Gasteiger partial charge in [0.25, 0.3) is 11.1 Å². The van der Waals surface area contributed by atoms with E-state index in [0.29, 0.717) is 16.6 Å². The number of aromatic nitrogens is 1. The Morgan fingerprint density at radius 3 is 2.43 bits per heavy atom. The number of benzene rings is 2. The molecule has 1 aliphatic heterocycles. The van der Waals surface area contributed by atoms with E-state index in [-0.39, 0.29) is 17.0 Å². The number of carbonyl (C=O) groups is 2. The van der Waals surface area contributed by atoms with E-state index in [1.807, 2.05) is 0 Å². The van der Waals surface area contributed by atoms with Crippen LogP contribution in [-0.4, -0.2) is 15.7 Å². The van der Waals surface area contributed by atoms with E-state index in [1.54, 1.807) is 41.1 Å². The lowest BCUT2D eigenvalue weighted by molar-refractivity contribution is -0.138. The summed E-state index contributed by atoms with van der Waals surface area (Å²) in [4.78, 5) is 25.6. The number of nitrogens with zero attached hydrogens (tertiary/aromatic N) is 2. The summed E-state index contributed by atoms with van der Waals surface area (Å²) < 4.78 is 41.5. The molecule has 2 heterocycles. The van der Waals surface area contributed by atoms with Gasteiger partial charge in [0.1, 0.15) is 0 Å². The minimum atomic E-state index is -4.45. The standard InChI is InChI=1S/C20H13F3N2O2S/c1-12-18(26)25(19(27)28-12)17-8-4-7-16-14(17)9-10-24(16)11-13-5-2-3-6-15(13)20(21,22)23/h2-10H,1,11H2. The molecule has 142 valence electrons. The van der Waals surface area contributed by atoms with Crippen molar-refractivity contribution in [1.29, 1.82) is 0 Å². The number of hydrogen-bond acceptors (Lipinski definition) is 3. The zero-order chi connectivity index (χ0) is 20.1. The van der Waals surface area contributed by atoms with Gasteiger partial charge in [-0.1, -0.05) is 30.8 Å². The van der Waals surface area contributed by atoms with Gasteiger partial charge in [0.2, 0.25) is 0 Å². The van der Waals surface area contributed by atoms with E-state index in [4.69, 9.17) is 0 Å². The van der Waals surface area contributed by atoms with Crippen molar-refractivity contribution in [2.24, 2.45) is 0 Å². The molecule has 0 N–H and O–H groups in total. The summed E-state index contributed by atoms with van der Waals surface area (Å²) >= 11 is 0.765. The van der Waals surface area contributed by atoms with Crippen LogP contribution in [0.3, 0.4) is 0 Å². The number of rotatable bonds is 3. The monoisotopic (exact) mass is 402 g/mol. The number of carbonyl (C=O) groups excluding carboxylic acids is 2. The highest BCUT2D eigenvalue weighted by Gasteiger charge is 2.36. The maximum atomic E-state index is 13.3. The molecule has 0 atom stereocenters. The van der Waals surface area contributed by atoms with Crippen LogP contribution in [-0.2, 0) is 17.5 Å². The first kappa shape index (κ1) is 18.4. The molecule has 4 nitrogen and oxygen atoms in total. The molecule has 0 aliphatic carbocycles. The number of halogens is 3. The number of imide groups is 1. The largest absolute Gasteiger partial charge is 0.416 e. The minimum absolute atomic E-state index is 0.00594. The summed E-state index contributed by atoms with van der Waals surface area (Å²) in [5, 5.41) is 0.154. The third kappa shape index (κ3) is 2.99. The fraction of sp³-hybridized carbons (Fsp3) is 0.100. The van der Waals surface area contributed by atoms with Crippen molar-refractivity contribution in [2.45, 2.75) is 12.7 Å². The van der Waals surface area contributed by atoms with Crippen molar-refractivity contribution in [2.75, 3.05) is 4.90 Å². The average Bonchev–Trinajstić information content (AvgIpc) is 3.15. The number of fused-ring (bicyclic) bond motifs is 1. The molecule has 0 bridgehead atoms. The van der Waals surface area contributed by atoms with Crippen LogP contribution in [0, 0.1) is 0 Å². The topological polar surface area (TPSA) is 42.3 Å². The zero-order valence-electron chi connectivity index (χ0n) is 14.4. The quantitative estimate of drug-likeness (QED) is 0.549. The first-order chi connectivity index (χ1) is 13.3. The maximum absolute atomic E-state index is 13.3. The molecular weight excluding hydrogens is 389 g/mol. The lowest BCUT2D eigenvalue weighted by Crippen LogP contribution is -2.27. The van der Waals surface area contributed by atoms with Crippen molar-refractivity contribution in [3.05, 3.63) is 77.3 Å². The average molecular weight is 402 g/mol. The van der Waals surface area contributed by atoms with E-state index in [0.717, 1.165) is 22.7 Å². The van der Waals surface area contributed by atoms with E-state index in [1.165, 1.54) is 12.1 Å². The second-order valence-corrected chi connectivity index (χ2v) is 7.29. The molecule has 1 saturated heterocycles. The van der Waals surface area contributed by atoms with Gasteiger partial charge < -0.3 is 4.57 Å². The highest BCUT2D eigenvalue weighted by molar-refractivity contribution is 8.18. The molecule has 3 aromatic rings. The second kappa shape index (κ2) is 6.56. The Kier molecular flexibility index (Phi) is 4.30. The van der Waals surface area contributed by atoms with Gasteiger partial charge >= 0.3 is 6.18 Å². The van der Waals surface area contributed by atoms with Crippen LogP contribution in [0.2, 0.25) is 0 Å². The summed E-state index contributed by atoms with van der Waals surface area (Å²) in [5.74, 6) is -0.488. The second-order valence-electron chi connectivity index (χ2n) is 6.24. The molecule has 0 unspecified atom stereocenters. The van der Waals surface area contributed by atoms with Crippen molar-refractivity contribution in [1.82, 2.24) is 4.57 Å². The minimum Gasteiger partial charge on any atom is -0.343 e. The summed E-state index contributed by atoms with van der Waals surface area (Å²) in [6.45, 7) is 3.58. The van der Waals surface area contributed by atoms with Crippen LogP contribution >= 0.6 is 11.8 Å². The first-order valence-corrected chi connectivity index (χ1v) is 9.07. The van der Waals surface area contributed by atoms with Crippen LogP contribution in [0.25, 0.3) is 10.9 Å². The number of anilines is 1. The Hall–Kier alpha value is -3.00. The van der Waals surface area contributed by atoms with Gasteiger partial charge in [-0.3, -0.25) is 9.59 Å². The maximum Gasteiger partial charge on any atom is 0.416 e. The predicted octanol–water partition coefficient (Wildman–Crippen LogP) is 5.42. The van der Waals surface area contributed by atoms with E-state index in [2.05, 4.69) is 6.58 Å². The molecule has 0 saturated carbocycles. The third-order valence-corrected chi connectivity index (χ3v) is 5.31. The molecule has 2 amide bonds. The van der Waals surface area contributed by atoms with E-state index in [9.17, 15) is 22.8 Å². The molecule has 4 rings (SSSR count). The van der Waals surface area contributed by atoms with Gasteiger partial charge in [0.05, 0.1) is 21.7 Å². The highest BCUT2D eigenvalue weighted by Crippen LogP contribution is 2.38. The SMILES string of the molecule is C=C1SC(=O)N(c2cccc3c2ccn3Cc2ccccc2C(F)(F)F)C1=O. The van der Waals surface area contributed by atoms with Gasteiger partial charge in [-0.05, 0) is 41.6 Å². The van der Waals surface area contributed by atoms with Crippen LogP contribution in [0.1, 0.15) is 11.1 Å². The van der Waals surface area contributed by atoms with E-state index < -0.39 is 22.9 Å². The van der Waals surface area contributed by atoms with Crippen LogP contribution < -0.4 is 4.90 Å². The van der Waals surface area contributed by atoms with Crippen LogP contribution in [0.15, 0.2) is 66.2 Å². The highest BCUT2D eigenvalue weighted by atomic mass is 32.2. The predicted molar refractivity (Wildman–Crippen MR) is 102 cm³/mol. The lowest BCUT2D eigenvalue weighted by Gasteiger charge is -2.16. The molecule has 1 fully saturated rings. The summed E-state index contributed by atoms with van der Waals surface area (Å²) in [6, 6.07) is 12.1. The van der Waals surface area contributed by atoms with Gasteiger partial charge in [-0.2, -0.15) is 13.2 Å². The zero-order valence-corrected chi connectivity index (χ0v) is 15.2. The van der Waals surface area contributed by atoms with Crippen LogP contribution in [0.5, 0.6) is 0 Å². The smallest absolute Gasteiger partial charge is 0.343 e. The van der Waals surface area contributed by atoms with Crippen LogP contribution in [0.4, 0.5) is 23.7 Å². The summed E-state index contributed by atoms with van der Waals surface area (Å²) in [7, 11) is 0. The number of alkyl halides is 3. The normalized spacial score (nSPS) is 15.1. The van der Waals surface area contributed by atoms with Crippen molar-refractivity contribution in [3.8, 4) is 0 Å². The molecule has 8 heteroatoms. The summed E-state index contributed by atoms with van der Waals surface area (Å²) in [5.41, 5.74) is 0.458. The Morgan fingerprint density at radius 1 is 1.00 bits per heavy atom. The Bertz CT molecular complexity index is 1130. The molecule has 1 aliphatic rings. The van der Waals surface area contributed by atoms with E-state index >= 15 is 0 Å². The Labute approximate surface area is 162 Å². The molecule has 1 aromatic heterocycles. The van der Waals surface area contributed by atoms with Crippen molar-refractivity contribution >= 4 is 39.5 Å². The number of amides is 2. The van der Waals surface area contributed by atoms with Crippen molar-refractivity contribution < 1.29 is 22.8 Å².